The first-order valence-corrected chi connectivity index (χ1v) is 9.07. The second-order valence-corrected chi connectivity index (χ2v) is 6.10. The van der Waals surface area contributed by atoms with Gasteiger partial charge in [-0.1, -0.05) is 31.9 Å². The molecule has 140 valence electrons. The van der Waals surface area contributed by atoms with Gasteiger partial charge in [-0.3, -0.25) is 4.79 Å². The van der Waals surface area contributed by atoms with Crippen LogP contribution in [0.15, 0.2) is 28.7 Å². The molecule has 0 aliphatic rings. The molecule has 1 aromatic carbocycles. The normalized spacial score (nSPS) is 11.9. The van der Waals surface area contributed by atoms with Gasteiger partial charge in [-0.15, -0.1) is 0 Å². The van der Waals surface area contributed by atoms with E-state index in [2.05, 4.69) is 30.6 Å². The van der Waals surface area contributed by atoms with Crippen molar-refractivity contribution < 1.29 is 13.9 Å². The van der Waals surface area contributed by atoms with Gasteiger partial charge in [-0.05, 0) is 45.0 Å². The Morgan fingerprint density at radius 3 is 2.62 bits per heavy atom. The number of carbonyl (C=O) groups is 1. The summed E-state index contributed by atoms with van der Waals surface area (Å²) >= 11 is 0. The molecule has 0 fully saturated rings. The maximum Gasteiger partial charge on any atom is 0.299 e. The molecule has 1 unspecified atom stereocenters. The summed E-state index contributed by atoms with van der Waals surface area (Å²) in [5, 5.41) is 0.962. The third-order valence-electron chi connectivity index (χ3n) is 4.67. The largest absolute Gasteiger partial charge is 0.493 e. The molecule has 5 heteroatoms. The van der Waals surface area contributed by atoms with Gasteiger partial charge in [0.05, 0.1) is 13.2 Å². The predicted octanol–water partition coefficient (Wildman–Crippen LogP) is 3.70. The van der Waals surface area contributed by atoms with Crippen LogP contribution >= 0.6 is 0 Å². The summed E-state index contributed by atoms with van der Waals surface area (Å²) in [5.74, 6) is 6.61. The van der Waals surface area contributed by atoms with Gasteiger partial charge in [0, 0.05) is 18.5 Å². The van der Waals surface area contributed by atoms with Gasteiger partial charge in [0.1, 0.15) is 5.76 Å². The molecule has 26 heavy (non-hydrogen) atoms. The number of methoxy groups -OCH3 is 1. The van der Waals surface area contributed by atoms with Crippen molar-refractivity contribution in [1.82, 2.24) is 9.80 Å². The maximum absolute atomic E-state index is 12.6. The molecule has 1 aromatic heterocycles. The number of ether oxygens (including phenoxy) is 1. The Morgan fingerprint density at radius 1 is 1.27 bits per heavy atom. The van der Waals surface area contributed by atoms with Crippen LogP contribution in [0, 0.1) is 11.8 Å². The van der Waals surface area contributed by atoms with E-state index in [1.54, 1.807) is 18.9 Å². The number of nitrogens with zero attached hydrogens (tertiary/aromatic N) is 2. The van der Waals surface area contributed by atoms with Crippen molar-refractivity contribution in [3.05, 3.63) is 30.0 Å². The monoisotopic (exact) mass is 356 g/mol. The van der Waals surface area contributed by atoms with Crippen molar-refractivity contribution in [2.24, 2.45) is 0 Å². The lowest BCUT2D eigenvalue weighted by Gasteiger charge is -2.29. The molecular weight excluding hydrogens is 328 g/mol. The number of hydrogen-bond donors (Lipinski definition) is 0. The van der Waals surface area contributed by atoms with Gasteiger partial charge < -0.3 is 19.0 Å². The molecule has 0 bridgehead atoms. The van der Waals surface area contributed by atoms with Crippen molar-refractivity contribution >= 4 is 16.9 Å². The highest BCUT2D eigenvalue weighted by molar-refractivity contribution is 5.93. The van der Waals surface area contributed by atoms with Gasteiger partial charge in [-0.25, -0.2) is 0 Å². The van der Waals surface area contributed by atoms with Crippen molar-refractivity contribution in [2.75, 3.05) is 33.3 Å². The molecule has 0 aliphatic carbocycles. The predicted molar refractivity (Wildman–Crippen MR) is 104 cm³/mol. The average Bonchev–Trinajstić information content (AvgIpc) is 3.09. The number of benzene rings is 1. The lowest BCUT2D eigenvalue weighted by Crippen LogP contribution is -2.39. The number of carbonyl (C=O) groups excluding carboxylic acids is 1. The number of rotatable bonds is 8. The van der Waals surface area contributed by atoms with Gasteiger partial charge >= 0.3 is 0 Å². The van der Waals surface area contributed by atoms with Crippen LogP contribution in [0.4, 0.5) is 0 Å². The van der Waals surface area contributed by atoms with Crippen LogP contribution in [0.5, 0.6) is 5.75 Å². The highest BCUT2D eigenvalue weighted by Crippen LogP contribution is 2.32. The topological polar surface area (TPSA) is 45.9 Å². The van der Waals surface area contributed by atoms with E-state index in [-0.39, 0.29) is 11.9 Å². The summed E-state index contributed by atoms with van der Waals surface area (Å²) in [6.45, 7) is 11.2. The van der Waals surface area contributed by atoms with E-state index in [4.69, 9.17) is 9.15 Å². The third-order valence-corrected chi connectivity index (χ3v) is 4.67. The molecule has 2 aromatic rings. The smallest absolute Gasteiger partial charge is 0.299 e. The zero-order valence-electron chi connectivity index (χ0n) is 16.3. The molecule has 0 saturated carbocycles. The summed E-state index contributed by atoms with van der Waals surface area (Å²) in [7, 11) is 1.62. The minimum atomic E-state index is -0.212. The molecular formula is C21H28N2O3. The van der Waals surface area contributed by atoms with Crippen molar-refractivity contribution in [3.63, 3.8) is 0 Å². The van der Waals surface area contributed by atoms with Crippen molar-refractivity contribution in [2.45, 2.75) is 33.7 Å². The van der Waals surface area contributed by atoms with E-state index in [9.17, 15) is 4.79 Å². The van der Waals surface area contributed by atoms with E-state index in [0.29, 0.717) is 17.9 Å². The SMILES string of the molecule is CC#CC(=O)N(CCN(CC)CC)C(C)c1cc2cccc(OC)c2o1. The molecule has 0 aliphatic heterocycles. The third kappa shape index (κ3) is 4.39. The Hall–Kier alpha value is -2.45. The van der Waals surface area contributed by atoms with Crippen molar-refractivity contribution in [1.29, 1.82) is 0 Å². The van der Waals surface area contributed by atoms with Crippen molar-refractivity contribution in [3.8, 4) is 17.6 Å². The van der Waals surface area contributed by atoms with Crippen LogP contribution in [-0.4, -0.2) is 49.0 Å². The van der Waals surface area contributed by atoms with Crippen LogP contribution in [-0.2, 0) is 4.79 Å². The summed E-state index contributed by atoms with van der Waals surface area (Å²) < 4.78 is 11.4. The number of fused-ring (bicyclic) bond motifs is 1. The lowest BCUT2D eigenvalue weighted by atomic mass is 10.2. The molecule has 0 N–H and O–H groups in total. The number of likely N-dealkylation sites (N-methyl/N-ethyl adjacent to an activating group) is 1. The Morgan fingerprint density at radius 2 is 2.00 bits per heavy atom. The van der Waals surface area contributed by atoms with Crippen LogP contribution in [0.1, 0.15) is 39.5 Å². The molecule has 1 amide bonds. The van der Waals surface area contributed by atoms with Gasteiger partial charge in [0.2, 0.25) is 0 Å². The van der Waals surface area contributed by atoms with E-state index in [1.807, 2.05) is 31.2 Å². The minimum Gasteiger partial charge on any atom is -0.493 e. The second-order valence-electron chi connectivity index (χ2n) is 6.10. The molecule has 0 spiro atoms. The second kappa shape index (κ2) is 9.30. The summed E-state index contributed by atoms with van der Waals surface area (Å²) in [4.78, 5) is 16.6. The lowest BCUT2D eigenvalue weighted by molar-refractivity contribution is -0.127. The molecule has 0 saturated heterocycles. The molecule has 1 atom stereocenters. The number of furan rings is 1. The van der Waals surface area contributed by atoms with Crippen LogP contribution < -0.4 is 4.74 Å². The van der Waals surface area contributed by atoms with E-state index in [1.165, 1.54) is 0 Å². The number of amides is 1. The Labute approximate surface area is 155 Å². The standard InChI is InChI=1S/C21H28N2O3/c1-6-10-20(24)23(14-13-22(7-2)8-3)16(4)19-15-17-11-9-12-18(25-5)21(17)26-19/h9,11-12,15-16H,7-8,13-14H2,1-5H3. The van der Waals surface area contributed by atoms with E-state index in [0.717, 1.165) is 30.8 Å². The van der Waals surface area contributed by atoms with Gasteiger partial charge in [-0.2, -0.15) is 0 Å². The minimum absolute atomic E-state index is 0.181. The highest BCUT2D eigenvalue weighted by atomic mass is 16.5. The van der Waals surface area contributed by atoms with Gasteiger partial charge in [0.15, 0.2) is 11.3 Å². The Bertz CT molecular complexity index is 796. The summed E-state index contributed by atoms with van der Waals surface area (Å²) in [6.07, 6.45) is 0. The first-order chi connectivity index (χ1) is 12.5. The van der Waals surface area contributed by atoms with Crippen LogP contribution in [0.25, 0.3) is 11.0 Å². The summed E-state index contributed by atoms with van der Waals surface area (Å²) in [5.41, 5.74) is 0.703. The fourth-order valence-electron chi connectivity index (χ4n) is 3.02. The maximum atomic E-state index is 12.6. The average molecular weight is 356 g/mol. The molecule has 1 heterocycles. The van der Waals surface area contributed by atoms with E-state index >= 15 is 0 Å². The molecule has 2 rings (SSSR count). The highest BCUT2D eigenvalue weighted by Gasteiger charge is 2.24. The molecule has 0 radical (unpaired) electrons. The summed E-state index contributed by atoms with van der Waals surface area (Å²) in [6, 6.07) is 7.53. The van der Waals surface area contributed by atoms with Gasteiger partial charge in [0.25, 0.3) is 5.91 Å². The zero-order valence-corrected chi connectivity index (χ0v) is 16.3. The quantitative estimate of drug-likeness (QED) is 0.677. The Balaban J connectivity index is 2.31. The zero-order chi connectivity index (χ0) is 19.1. The van der Waals surface area contributed by atoms with Crippen LogP contribution in [0.3, 0.4) is 0 Å². The fraction of sp³-hybridized carbons (Fsp3) is 0.476. The van der Waals surface area contributed by atoms with Crippen LogP contribution in [0.2, 0.25) is 0 Å². The number of hydrogen-bond acceptors (Lipinski definition) is 4. The Kier molecular flexibility index (Phi) is 7.11. The number of para-hydroxylation sites is 1. The fourth-order valence-corrected chi connectivity index (χ4v) is 3.02. The molecule has 5 nitrogen and oxygen atoms in total. The first kappa shape index (κ1) is 19.9. The van der Waals surface area contributed by atoms with E-state index < -0.39 is 0 Å². The first-order valence-electron chi connectivity index (χ1n) is 9.07.